The van der Waals surface area contributed by atoms with E-state index in [-0.39, 0.29) is 0 Å². The standard InChI is InChI=1S/C9H16ClN3/c1-3-4-7-9(10)13(2)8(12-7)5-6-11/h3-6,11H2,1-2H3. The van der Waals surface area contributed by atoms with Crippen LogP contribution >= 0.6 is 11.6 Å². The number of nitrogens with zero attached hydrogens (tertiary/aromatic N) is 2. The lowest BCUT2D eigenvalue weighted by atomic mass is 10.3. The van der Waals surface area contributed by atoms with Crippen molar-refractivity contribution >= 4 is 11.6 Å². The van der Waals surface area contributed by atoms with E-state index in [0.29, 0.717) is 6.54 Å². The molecule has 4 heteroatoms. The first kappa shape index (κ1) is 10.5. The maximum atomic E-state index is 6.09. The van der Waals surface area contributed by atoms with Gasteiger partial charge in [0.05, 0.1) is 5.69 Å². The van der Waals surface area contributed by atoms with E-state index in [2.05, 4.69) is 11.9 Å². The molecule has 0 amide bonds. The summed E-state index contributed by atoms with van der Waals surface area (Å²) in [6, 6.07) is 0. The molecule has 0 fully saturated rings. The number of hydrogen-bond donors (Lipinski definition) is 1. The highest BCUT2D eigenvalue weighted by Crippen LogP contribution is 2.18. The summed E-state index contributed by atoms with van der Waals surface area (Å²) in [5.74, 6) is 0.982. The highest BCUT2D eigenvalue weighted by atomic mass is 35.5. The van der Waals surface area contributed by atoms with Gasteiger partial charge in [-0.1, -0.05) is 24.9 Å². The van der Waals surface area contributed by atoms with E-state index in [4.69, 9.17) is 17.3 Å². The molecule has 0 unspecified atom stereocenters. The Morgan fingerprint density at radius 1 is 1.46 bits per heavy atom. The number of aryl methyl sites for hydroxylation is 1. The fraction of sp³-hybridized carbons (Fsp3) is 0.667. The van der Waals surface area contributed by atoms with Crippen LogP contribution in [0.3, 0.4) is 0 Å². The van der Waals surface area contributed by atoms with Gasteiger partial charge in [-0.25, -0.2) is 4.98 Å². The summed E-state index contributed by atoms with van der Waals surface area (Å²) < 4.78 is 1.92. The average molecular weight is 202 g/mol. The van der Waals surface area contributed by atoms with E-state index in [1.54, 1.807) is 0 Å². The topological polar surface area (TPSA) is 43.8 Å². The molecule has 1 aromatic heterocycles. The third-order valence-electron chi connectivity index (χ3n) is 2.04. The second-order valence-corrected chi connectivity index (χ2v) is 3.47. The predicted octanol–water partition coefficient (Wildman–Crippen LogP) is 1.53. The van der Waals surface area contributed by atoms with Gasteiger partial charge < -0.3 is 10.3 Å². The lowest BCUT2D eigenvalue weighted by Crippen LogP contribution is -2.07. The minimum atomic E-state index is 0.618. The van der Waals surface area contributed by atoms with Crippen molar-refractivity contribution in [3.8, 4) is 0 Å². The molecule has 0 atom stereocenters. The molecule has 0 saturated heterocycles. The summed E-state index contributed by atoms with van der Waals surface area (Å²) in [5, 5.41) is 0.755. The normalized spacial score (nSPS) is 10.8. The summed E-state index contributed by atoms with van der Waals surface area (Å²) in [5.41, 5.74) is 6.46. The van der Waals surface area contributed by atoms with Crippen LogP contribution in [0.15, 0.2) is 0 Å². The Hall–Kier alpha value is -0.540. The van der Waals surface area contributed by atoms with Gasteiger partial charge in [0.25, 0.3) is 0 Å². The minimum Gasteiger partial charge on any atom is -0.330 e. The van der Waals surface area contributed by atoms with Gasteiger partial charge >= 0.3 is 0 Å². The number of halogens is 1. The third kappa shape index (κ3) is 2.23. The van der Waals surface area contributed by atoms with Crippen LogP contribution in [0.25, 0.3) is 0 Å². The first-order chi connectivity index (χ1) is 6.20. The van der Waals surface area contributed by atoms with Crippen LogP contribution in [0.4, 0.5) is 0 Å². The van der Waals surface area contributed by atoms with Crippen molar-refractivity contribution in [3.05, 3.63) is 16.7 Å². The van der Waals surface area contributed by atoms with E-state index < -0.39 is 0 Å². The number of rotatable bonds is 4. The molecule has 13 heavy (non-hydrogen) atoms. The van der Waals surface area contributed by atoms with Crippen molar-refractivity contribution in [1.29, 1.82) is 0 Å². The second-order valence-electron chi connectivity index (χ2n) is 3.11. The monoisotopic (exact) mass is 201 g/mol. The van der Waals surface area contributed by atoms with E-state index >= 15 is 0 Å². The Balaban J connectivity index is 2.90. The van der Waals surface area contributed by atoms with Crippen molar-refractivity contribution in [2.45, 2.75) is 26.2 Å². The Kier molecular flexibility index (Phi) is 3.75. The van der Waals surface area contributed by atoms with Crippen LogP contribution in [-0.2, 0) is 19.9 Å². The summed E-state index contributed by atoms with van der Waals surface area (Å²) in [4.78, 5) is 4.44. The zero-order chi connectivity index (χ0) is 9.84. The van der Waals surface area contributed by atoms with Gasteiger partial charge in [0.1, 0.15) is 11.0 Å². The van der Waals surface area contributed by atoms with Crippen LogP contribution in [-0.4, -0.2) is 16.1 Å². The summed E-state index contributed by atoms with van der Waals surface area (Å²) >= 11 is 6.09. The largest absolute Gasteiger partial charge is 0.330 e. The lowest BCUT2D eigenvalue weighted by molar-refractivity contribution is 0.777. The molecule has 74 valence electrons. The van der Waals surface area contributed by atoms with Crippen molar-refractivity contribution in [3.63, 3.8) is 0 Å². The van der Waals surface area contributed by atoms with Crippen LogP contribution in [0.1, 0.15) is 24.9 Å². The number of nitrogens with two attached hydrogens (primary N) is 1. The molecule has 3 nitrogen and oxygen atoms in total. The van der Waals surface area contributed by atoms with Gasteiger partial charge in [-0.2, -0.15) is 0 Å². The van der Waals surface area contributed by atoms with Crippen molar-refractivity contribution in [1.82, 2.24) is 9.55 Å². The molecule has 0 aromatic carbocycles. The molecule has 0 aliphatic rings. The maximum Gasteiger partial charge on any atom is 0.131 e. The summed E-state index contributed by atoms with van der Waals surface area (Å²) in [7, 11) is 1.93. The molecule has 1 heterocycles. The quantitative estimate of drug-likeness (QED) is 0.803. The van der Waals surface area contributed by atoms with E-state index in [1.165, 1.54) is 0 Å². The molecule has 2 N–H and O–H groups in total. The van der Waals surface area contributed by atoms with Gasteiger partial charge in [0.2, 0.25) is 0 Å². The molecule has 0 aliphatic carbocycles. The minimum absolute atomic E-state index is 0.618. The smallest absolute Gasteiger partial charge is 0.131 e. The highest BCUT2D eigenvalue weighted by Gasteiger charge is 2.10. The Labute approximate surface area is 83.9 Å². The Bertz CT molecular complexity index is 254. The van der Waals surface area contributed by atoms with Gasteiger partial charge in [-0.3, -0.25) is 0 Å². The summed E-state index contributed by atoms with van der Waals surface area (Å²) in [6.07, 6.45) is 2.80. The van der Waals surface area contributed by atoms with Gasteiger partial charge in [0.15, 0.2) is 0 Å². The van der Waals surface area contributed by atoms with E-state index in [9.17, 15) is 0 Å². The zero-order valence-electron chi connectivity index (χ0n) is 8.18. The van der Waals surface area contributed by atoms with Crippen LogP contribution in [0, 0.1) is 0 Å². The van der Waals surface area contributed by atoms with Crippen molar-refractivity contribution < 1.29 is 0 Å². The number of imidazole rings is 1. The fourth-order valence-electron chi connectivity index (χ4n) is 1.33. The predicted molar refractivity (Wildman–Crippen MR) is 55.0 cm³/mol. The Morgan fingerprint density at radius 3 is 2.69 bits per heavy atom. The maximum absolute atomic E-state index is 6.09. The van der Waals surface area contributed by atoms with Crippen LogP contribution in [0.5, 0.6) is 0 Å². The molecule has 0 bridgehead atoms. The van der Waals surface area contributed by atoms with Gasteiger partial charge in [-0.05, 0) is 13.0 Å². The zero-order valence-corrected chi connectivity index (χ0v) is 8.93. The van der Waals surface area contributed by atoms with Crippen molar-refractivity contribution in [2.75, 3.05) is 6.54 Å². The fourth-order valence-corrected chi connectivity index (χ4v) is 1.57. The molecule has 0 spiro atoms. The van der Waals surface area contributed by atoms with Crippen LogP contribution in [0.2, 0.25) is 5.15 Å². The molecule has 0 radical (unpaired) electrons. The average Bonchev–Trinajstić information content (AvgIpc) is 2.36. The van der Waals surface area contributed by atoms with Crippen molar-refractivity contribution in [2.24, 2.45) is 12.8 Å². The first-order valence-electron chi connectivity index (χ1n) is 4.60. The SMILES string of the molecule is CCCc1nc(CCN)n(C)c1Cl. The second kappa shape index (κ2) is 4.63. The third-order valence-corrected chi connectivity index (χ3v) is 2.51. The first-order valence-corrected chi connectivity index (χ1v) is 4.98. The molecule has 1 aromatic rings. The molecule has 0 aliphatic heterocycles. The Morgan fingerprint density at radius 2 is 2.15 bits per heavy atom. The van der Waals surface area contributed by atoms with E-state index in [1.807, 2.05) is 11.6 Å². The summed E-state index contributed by atoms with van der Waals surface area (Å²) in [6.45, 7) is 2.74. The number of aromatic nitrogens is 2. The highest BCUT2D eigenvalue weighted by molar-refractivity contribution is 6.30. The van der Waals surface area contributed by atoms with Crippen LogP contribution < -0.4 is 5.73 Å². The molecular formula is C9H16ClN3. The van der Waals surface area contributed by atoms with Gasteiger partial charge in [-0.15, -0.1) is 0 Å². The molecular weight excluding hydrogens is 186 g/mol. The van der Waals surface area contributed by atoms with E-state index in [0.717, 1.165) is 35.9 Å². The molecule has 1 rings (SSSR count). The van der Waals surface area contributed by atoms with Gasteiger partial charge in [0, 0.05) is 13.5 Å². The molecule has 0 saturated carbocycles. The number of hydrogen-bond acceptors (Lipinski definition) is 2. The lowest BCUT2D eigenvalue weighted by Gasteiger charge is -1.98.